The lowest BCUT2D eigenvalue weighted by atomic mass is 9.96. The standard InChI is InChI=1S/C22H29N3O3.2ClH/c1-2-27-21-13-19(22(26)25-12-9-17-5-3-10-23-14-17)7-8-20(21)28-16-18-6-4-11-24-15-18;;/h4,6-8,11,13,15,17,23H,2-3,5,9-10,12,14,16H2,1H3,(H,25,26);2*1H. The number of amides is 1. The first kappa shape index (κ1) is 26.0. The molecule has 166 valence electrons. The van der Waals surface area contributed by atoms with Crippen LogP contribution >= 0.6 is 24.8 Å². The molecule has 3 rings (SSSR count). The van der Waals surface area contributed by atoms with Gasteiger partial charge < -0.3 is 20.1 Å². The second-order valence-corrected chi connectivity index (χ2v) is 7.00. The number of rotatable bonds is 9. The Kier molecular flexibility index (Phi) is 12.2. The highest BCUT2D eigenvalue weighted by molar-refractivity contribution is 5.94. The Labute approximate surface area is 191 Å². The van der Waals surface area contributed by atoms with E-state index in [4.69, 9.17) is 9.47 Å². The van der Waals surface area contributed by atoms with Crippen LogP contribution in [0.15, 0.2) is 42.7 Å². The molecule has 6 nitrogen and oxygen atoms in total. The van der Waals surface area contributed by atoms with E-state index >= 15 is 0 Å². The van der Waals surface area contributed by atoms with Crippen molar-refractivity contribution in [1.82, 2.24) is 15.6 Å². The molecule has 1 amide bonds. The van der Waals surface area contributed by atoms with Crippen LogP contribution in [0.5, 0.6) is 11.5 Å². The molecule has 0 aliphatic carbocycles. The Morgan fingerprint density at radius 1 is 1.23 bits per heavy atom. The van der Waals surface area contributed by atoms with Gasteiger partial charge in [-0.3, -0.25) is 9.78 Å². The van der Waals surface area contributed by atoms with Crippen LogP contribution in [0.3, 0.4) is 0 Å². The van der Waals surface area contributed by atoms with E-state index in [-0.39, 0.29) is 30.7 Å². The van der Waals surface area contributed by atoms with E-state index in [9.17, 15) is 4.79 Å². The minimum Gasteiger partial charge on any atom is -0.490 e. The Bertz CT molecular complexity index is 757. The number of pyridine rings is 1. The highest BCUT2D eigenvalue weighted by Crippen LogP contribution is 2.29. The maximum atomic E-state index is 12.5. The number of ether oxygens (including phenoxy) is 2. The lowest BCUT2D eigenvalue weighted by molar-refractivity contribution is 0.0950. The Hall–Kier alpha value is -2.02. The lowest BCUT2D eigenvalue weighted by Crippen LogP contribution is -2.33. The first-order chi connectivity index (χ1) is 13.8. The summed E-state index contributed by atoms with van der Waals surface area (Å²) in [6, 6.07) is 9.15. The molecular weight excluding hydrogens is 425 g/mol. The van der Waals surface area contributed by atoms with Crippen molar-refractivity contribution in [3.63, 3.8) is 0 Å². The molecule has 2 N–H and O–H groups in total. The monoisotopic (exact) mass is 455 g/mol. The molecule has 30 heavy (non-hydrogen) atoms. The van der Waals surface area contributed by atoms with Crippen molar-refractivity contribution in [3.8, 4) is 11.5 Å². The van der Waals surface area contributed by atoms with Gasteiger partial charge in [-0.15, -0.1) is 24.8 Å². The lowest BCUT2D eigenvalue weighted by Gasteiger charge is -2.22. The number of benzene rings is 1. The molecule has 0 radical (unpaired) electrons. The van der Waals surface area contributed by atoms with Gasteiger partial charge in [0.25, 0.3) is 5.91 Å². The number of aromatic nitrogens is 1. The third-order valence-corrected chi connectivity index (χ3v) is 4.86. The largest absolute Gasteiger partial charge is 0.490 e. The molecule has 8 heteroatoms. The third-order valence-electron chi connectivity index (χ3n) is 4.86. The summed E-state index contributed by atoms with van der Waals surface area (Å²) in [5.41, 5.74) is 1.56. The number of nitrogens with one attached hydrogen (secondary N) is 2. The maximum absolute atomic E-state index is 12.5. The first-order valence-corrected chi connectivity index (χ1v) is 10.0. The smallest absolute Gasteiger partial charge is 0.251 e. The van der Waals surface area contributed by atoms with Gasteiger partial charge in [0.05, 0.1) is 6.61 Å². The summed E-state index contributed by atoms with van der Waals surface area (Å²) in [7, 11) is 0. The predicted molar refractivity (Wildman–Crippen MR) is 123 cm³/mol. The highest BCUT2D eigenvalue weighted by atomic mass is 35.5. The zero-order valence-corrected chi connectivity index (χ0v) is 18.9. The number of carbonyl (C=O) groups excluding carboxylic acids is 1. The Morgan fingerprint density at radius 2 is 2.10 bits per heavy atom. The molecule has 1 saturated heterocycles. The summed E-state index contributed by atoms with van der Waals surface area (Å²) in [6.07, 6.45) is 6.96. The number of halogens is 2. The quantitative estimate of drug-likeness (QED) is 0.597. The van der Waals surface area contributed by atoms with Crippen LogP contribution in [0.2, 0.25) is 0 Å². The highest BCUT2D eigenvalue weighted by Gasteiger charge is 2.15. The molecule has 1 aliphatic rings. The van der Waals surface area contributed by atoms with Gasteiger partial charge in [0.15, 0.2) is 11.5 Å². The van der Waals surface area contributed by atoms with Gasteiger partial charge in [0.1, 0.15) is 6.61 Å². The molecule has 2 aromatic rings. The first-order valence-electron chi connectivity index (χ1n) is 10.0. The van der Waals surface area contributed by atoms with Crippen molar-refractivity contribution < 1.29 is 14.3 Å². The van der Waals surface area contributed by atoms with Crippen LogP contribution in [-0.2, 0) is 6.61 Å². The Morgan fingerprint density at radius 3 is 2.80 bits per heavy atom. The molecule has 1 fully saturated rings. The molecule has 1 aromatic carbocycles. The van der Waals surface area contributed by atoms with Crippen LogP contribution in [-0.4, -0.2) is 37.1 Å². The maximum Gasteiger partial charge on any atom is 0.251 e. The van der Waals surface area contributed by atoms with E-state index in [0.717, 1.165) is 25.1 Å². The molecule has 1 unspecified atom stereocenters. The molecule has 1 aromatic heterocycles. The summed E-state index contributed by atoms with van der Waals surface area (Å²) >= 11 is 0. The minimum atomic E-state index is -0.0801. The van der Waals surface area contributed by atoms with E-state index in [2.05, 4.69) is 15.6 Å². The van der Waals surface area contributed by atoms with E-state index in [0.29, 0.717) is 42.7 Å². The van der Waals surface area contributed by atoms with Crippen molar-refractivity contribution in [3.05, 3.63) is 53.9 Å². The van der Waals surface area contributed by atoms with Crippen LogP contribution < -0.4 is 20.1 Å². The average molecular weight is 456 g/mol. The van der Waals surface area contributed by atoms with Crippen molar-refractivity contribution >= 4 is 30.7 Å². The number of piperidine rings is 1. The van der Waals surface area contributed by atoms with Crippen molar-refractivity contribution in [2.45, 2.75) is 32.8 Å². The topological polar surface area (TPSA) is 72.5 Å². The van der Waals surface area contributed by atoms with Gasteiger partial charge in [-0.1, -0.05) is 6.07 Å². The molecule has 2 heterocycles. The predicted octanol–water partition coefficient (Wildman–Crippen LogP) is 4.02. The summed E-state index contributed by atoms with van der Waals surface area (Å²) in [6.45, 7) is 5.66. The van der Waals surface area contributed by atoms with Crippen LogP contribution in [0.1, 0.15) is 42.1 Å². The van der Waals surface area contributed by atoms with Crippen LogP contribution in [0.25, 0.3) is 0 Å². The minimum absolute atomic E-state index is 0. The SMILES string of the molecule is CCOc1cc(C(=O)NCCC2CCCNC2)ccc1OCc1cccnc1.Cl.Cl. The second-order valence-electron chi connectivity index (χ2n) is 7.00. The molecule has 0 spiro atoms. The van der Waals surface area contributed by atoms with Gasteiger partial charge in [-0.2, -0.15) is 0 Å². The summed E-state index contributed by atoms with van der Waals surface area (Å²) in [5, 5.41) is 6.43. The van der Waals surface area contributed by atoms with Crippen molar-refractivity contribution in [2.75, 3.05) is 26.2 Å². The Balaban J connectivity index is 0.00000225. The van der Waals surface area contributed by atoms with Gasteiger partial charge in [-0.05, 0) is 69.5 Å². The third kappa shape index (κ3) is 8.01. The average Bonchev–Trinajstić information content (AvgIpc) is 2.74. The van der Waals surface area contributed by atoms with E-state index in [1.807, 2.05) is 19.1 Å². The second kappa shape index (κ2) is 14.1. The summed E-state index contributed by atoms with van der Waals surface area (Å²) in [4.78, 5) is 16.6. The molecule has 0 saturated carbocycles. The zero-order chi connectivity index (χ0) is 19.6. The van der Waals surface area contributed by atoms with Crippen LogP contribution in [0, 0.1) is 5.92 Å². The number of carbonyl (C=O) groups is 1. The molecule has 0 bridgehead atoms. The normalized spacial score (nSPS) is 15.3. The fourth-order valence-corrected chi connectivity index (χ4v) is 3.34. The van der Waals surface area contributed by atoms with E-state index in [1.165, 1.54) is 12.8 Å². The van der Waals surface area contributed by atoms with E-state index < -0.39 is 0 Å². The number of hydrogen-bond donors (Lipinski definition) is 2. The van der Waals surface area contributed by atoms with Crippen molar-refractivity contribution in [2.24, 2.45) is 5.92 Å². The van der Waals surface area contributed by atoms with Crippen LogP contribution in [0.4, 0.5) is 0 Å². The number of nitrogens with zero attached hydrogens (tertiary/aromatic N) is 1. The van der Waals surface area contributed by atoms with Gasteiger partial charge >= 0.3 is 0 Å². The number of hydrogen-bond acceptors (Lipinski definition) is 5. The molecular formula is C22H31Cl2N3O3. The van der Waals surface area contributed by atoms with Gasteiger partial charge in [0, 0.05) is 30.1 Å². The molecule has 1 aliphatic heterocycles. The summed E-state index contributed by atoms with van der Waals surface area (Å²) < 4.78 is 11.6. The van der Waals surface area contributed by atoms with E-state index in [1.54, 1.807) is 30.6 Å². The zero-order valence-electron chi connectivity index (χ0n) is 17.3. The van der Waals surface area contributed by atoms with Gasteiger partial charge in [-0.25, -0.2) is 0 Å². The van der Waals surface area contributed by atoms with Gasteiger partial charge in [0.2, 0.25) is 0 Å². The summed E-state index contributed by atoms with van der Waals surface area (Å²) in [5.74, 6) is 1.77. The molecule has 1 atom stereocenters. The van der Waals surface area contributed by atoms with Crippen molar-refractivity contribution in [1.29, 1.82) is 0 Å². The fraction of sp³-hybridized carbons (Fsp3) is 0.455. The fourth-order valence-electron chi connectivity index (χ4n) is 3.34.